The molecule has 6 nitrogen and oxygen atoms in total. The molecule has 0 amide bonds. The quantitative estimate of drug-likeness (QED) is 0.764. The summed E-state index contributed by atoms with van der Waals surface area (Å²) in [6.45, 7) is 1.26. The van der Waals surface area contributed by atoms with Crippen LogP contribution in [0.5, 0.6) is 0 Å². The topological polar surface area (TPSA) is 68.8 Å². The third kappa shape index (κ3) is 2.92. The van der Waals surface area contributed by atoms with Crippen LogP contribution >= 0.6 is 0 Å². The SMILES string of the molecule is Cn1cc(CNCc2nnc(-c3ccccc3)o2)cn1. The Bertz CT molecular complexity index is 674. The lowest BCUT2D eigenvalue weighted by Crippen LogP contribution is -2.12. The van der Waals surface area contributed by atoms with E-state index in [9.17, 15) is 0 Å². The molecule has 102 valence electrons. The highest BCUT2D eigenvalue weighted by atomic mass is 16.4. The Morgan fingerprint density at radius 3 is 2.75 bits per heavy atom. The molecule has 3 aromatic rings. The number of hydrogen-bond donors (Lipinski definition) is 1. The second-order valence-electron chi connectivity index (χ2n) is 4.49. The third-order valence-electron chi connectivity index (χ3n) is 2.85. The number of hydrogen-bond acceptors (Lipinski definition) is 5. The van der Waals surface area contributed by atoms with Gasteiger partial charge in [-0.15, -0.1) is 10.2 Å². The maximum absolute atomic E-state index is 5.61. The van der Waals surface area contributed by atoms with Crippen LogP contribution < -0.4 is 5.32 Å². The molecular formula is C14H15N5O. The number of nitrogens with one attached hydrogen (secondary N) is 1. The van der Waals surface area contributed by atoms with Gasteiger partial charge in [-0.1, -0.05) is 18.2 Å². The molecule has 0 aliphatic heterocycles. The Balaban J connectivity index is 1.58. The molecule has 2 aromatic heterocycles. The van der Waals surface area contributed by atoms with Gasteiger partial charge in [0.05, 0.1) is 12.7 Å². The summed E-state index contributed by atoms with van der Waals surface area (Å²) >= 11 is 0. The molecule has 0 spiro atoms. The van der Waals surface area contributed by atoms with Crippen molar-refractivity contribution in [2.45, 2.75) is 13.1 Å². The number of benzene rings is 1. The van der Waals surface area contributed by atoms with Crippen molar-refractivity contribution in [3.63, 3.8) is 0 Å². The van der Waals surface area contributed by atoms with Gasteiger partial charge in [0.25, 0.3) is 0 Å². The van der Waals surface area contributed by atoms with Crippen molar-refractivity contribution in [2.24, 2.45) is 7.05 Å². The fourth-order valence-electron chi connectivity index (χ4n) is 1.90. The number of nitrogens with zero attached hydrogens (tertiary/aromatic N) is 4. The smallest absolute Gasteiger partial charge is 0.247 e. The van der Waals surface area contributed by atoms with Gasteiger partial charge in [0.15, 0.2) is 0 Å². The highest BCUT2D eigenvalue weighted by molar-refractivity contribution is 5.51. The van der Waals surface area contributed by atoms with E-state index in [1.165, 1.54) is 0 Å². The molecule has 6 heteroatoms. The molecule has 2 heterocycles. The lowest BCUT2D eigenvalue weighted by Gasteiger charge is -1.98. The van der Waals surface area contributed by atoms with E-state index in [0.29, 0.717) is 18.3 Å². The Hall–Kier alpha value is -2.47. The van der Waals surface area contributed by atoms with E-state index >= 15 is 0 Å². The minimum atomic E-state index is 0.536. The first-order chi connectivity index (χ1) is 9.81. The predicted molar refractivity (Wildman–Crippen MR) is 73.5 cm³/mol. The van der Waals surface area contributed by atoms with Gasteiger partial charge in [-0.3, -0.25) is 4.68 Å². The first-order valence-corrected chi connectivity index (χ1v) is 6.37. The molecule has 0 fully saturated rings. The number of rotatable bonds is 5. The number of aromatic nitrogens is 4. The summed E-state index contributed by atoms with van der Waals surface area (Å²) in [5, 5.41) is 15.4. The lowest BCUT2D eigenvalue weighted by atomic mass is 10.2. The van der Waals surface area contributed by atoms with Crippen molar-refractivity contribution >= 4 is 0 Å². The minimum absolute atomic E-state index is 0.536. The van der Waals surface area contributed by atoms with Crippen molar-refractivity contribution in [3.8, 4) is 11.5 Å². The lowest BCUT2D eigenvalue weighted by molar-refractivity contribution is 0.477. The van der Waals surface area contributed by atoms with Crippen LogP contribution in [0, 0.1) is 0 Å². The van der Waals surface area contributed by atoms with Crippen LogP contribution in [-0.2, 0) is 20.1 Å². The van der Waals surface area contributed by atoms with Crippen molar-refractivity contribution in [1.82, 2.24) is 25.3 Å². The highest BCUT2D eigenvalue weighted by Crippen LogP contribution is 2.16. The average Bonchev–Trinajstić information content (AvgIpc) is 3.09. The zero-order valence-corrected chi connectivity index (χ0v) is 11.2. The molecular weight excluding hydrogens is 254 g/mol. The Morgan fingerprint density at radius 1 is 1.15 bits per heavy atom. The van der Waals surface area contributed by atoms with E-state index in [0.717, 1.165) is 17.7 Å². The maximum Gasteiger partial charge on any atom is 0.247 e. The molecule has 0 radical (unpaired) electrons. The molecule has 0 bridgehead atoms. The highest BCUT2D eigenvalue weighted by Gasteiger charge is 2.07. The van der Waals surface area contributed by atoms with Gasteiger partial charge >= 0.3 is 0 Å². The zero-order valence-electron chi connectivity index (χ0n) is 11.2. The van der Waals surface area contributed by atoms with Gasteiger partial charge in [-0.2, -0.15) is 5.10 Å². The standard InChI is InChI=1S/C14H15N5O/c1-19-10-11(8-16-19)7-15-9-13-17-18-14(20-13)12-5-3-2-4-6-12/h2-6,8,10,15H,7,9H2,1H3. The average molecular weight is 269 g/mol. The van der Waals surface area contributed by atoms with E-state index in [2.05, 4.69) is 20.6 Å². The van der Waals surface area contributed by atoms with Crippen LogP contribution in [-0.4, -0.2) is 20.0 Å². The van der Waals surface area contributed by atoms with Gasteiger partial charge in [0, 0.05) is 30.9 Å². The van der Waals surface area contributed by atoms with Crippen LogP contribution in [0.25, 0.3) is 11.5 Å². The molecule has 1 aromatic carbocycles. The summed E-state index contributed by atoms with van der Waals surface area (Å²) < 4.78 is 7.38. The minimum Gasteiger partial charge on any atom is -0.419 e. The number of aryl methyl sites for hydroxylation is 1. The van der Waals surface area contributed by atoms with Gasteiger partial charge < -0.3 is 9.73 Å². The first kappa shape index (κ1) is 12.6. The molecule has 0 aliphatic rings. The Kier molecular flexibility index (Phi) is 3.56. The summed E-state index contributed by atoms with van der Waals surface area (Å²) in [5.41, 5.74) is 2.05. The maximum atomic E-state index is 5.61. The normalized spacial score (nSPS) is 10.8. The molecule has 20 heavy (non-hydrogen) atoms. The monoisotopic (exact) mass is 269 g/mol. The predicted octanol–water partition coefficient (Wildman–Crippen LogP) is 1.76. The summed E-state index contributed by atoms with van der Waals surface area (Å²) in [4.78, 5) is 0. The molecule has 0 saturated heterocycles. The third-order valence-corrected chi connectivity index (χ3v) is 2.85. The second kappa shape index (κ2) is 5.66. The van der Waals surface area contributed by atoms with Crippen molar-refractivity contribution in [1.29, 1.82) is 0 Å². The summed E-state index contributed by atoms with van der Waals surface area (Å²) in [6, 6.07) is 9.73. The van der Waals surface area contributed by atoms with E-state index < -0.39 is 0 Å². The van der Waals surface area contributed by atoms with Crippen molar-refractivity contribution in [3.05, 3.63) is 54.2 Å². The molecule has 0 aliphatic carbocycles. The van der Waals surface area contributed by atoms with E-state index in [1.807, 2.05) is 49.8 Å². The fraction of sp³-hybridized carbons (Fsp3) is 0.214. The van der Waals surface area contributed by atoms with Crippen molar-refractivity contribution in [2.75, 3.05) is 0 Å². The fourth-order valence-corrected chi connectivity index (χ4v) is 1.90. The summed E-state index contributed by atoms with van der Waals surface area (Å²) in [7, 11) is 1.90. The molecule has 0 atom stereocenters. The summed E-state index contributed by atoms with van der Waals surface area (Å²) in [5.74, 6) is 1.12. The van der Waals surface area contributed by atoms with E-state index in [1.54, 1.807) is 4.68 Å². The zero-order chi connectivity index (χ0) is 13.8. The van der Waals surface area contributed by atoms with Crippen LogP contribution in [0.4, 0.5) is 0 Å². The van der Waals surface area contributed by atoms with Gasteiger partial charge in [-0.25, -0.2) is 0 Å². The van der Waals surface area contributed by atoms with Crippen LogP contribution in [0.1, 0.15) is 11.5 Å². The Labute approximate surface area is 116 Å². The first-order valence-electron chi connectivity index (χ1n) is 6.37. The summed E-state index contributed by atoms with van der Waals surface area (Å²) in [6.07, 6.45) is 3.80. The van der Waals surface area contributed by atoms with Gasteiger partial charge in [-0.05, 0) is 12.1 Å². The van der Waals surface area contributed by atoms with E-state index in [4.69, 9.17) is 4.42 Å². The van der Waals surface area contributed by atoms with Crippen LogP contribution in [0.3, 0.4) is 0 Å². The largest absolute Gasteiger partial charge is 0.419 e. The second-order valence-corrected chi connectivity index (χ2v) is 4.49. The molecule has 3 rings (SSSR count). The molecule has 0 saturated carbocycles. The molecule has 0 unspecified atom stereocenters. The van der Waals surface area contributed by atoms with E-state index in [-0.39, 0.29) is 0 Å². The van der Waals surface area contributed by atoms with Crippen LogP contribution in [0.15, 0.2) is 47.1 Å². The van der Waals surface area contributed by atoms with Gasteiger partial charge in [0.1, 0.15) is 0 Å². The Morgan fingerprint density at radius 2 is 2.00 bits per heavy atom. The van der Waals surface area contributed by atoms with Crippen molar-refractivity contribution < 1.29 is 4.42 Å². The van der Waals surface area contributed by atoms with Crippen LogP contribution in [0.2, 0.25) is 0 Å². The molecule has 1 N–H and O–H groups in total. The van der Waals surface area contributed by atoms with Gasteiger partial charge in [0.2, 0.25) is 11.8 Å².